The van der Waals surface area contributed by atoms with Gasteiger partial charge in [0.1, 0.15) is 17.7 Å². The number of amides is 2. The Bertz CT molecular complexity index is 816. The molecule has 29 heavy (non-hydrogen) atoms. The lowest BCUT2D eigenvalue weighted by Gasteiger charge is -2.39. The average Bonchev–Trinajstić information content (AvgIpc) is 2.72. The molecule has 0 radical (unpaired) electrons. The Morgan fingerprint density at radius 2 is 1.97 bits per heavy atom. The second kappa shape index (κ2) is 9.69. The Morgan fingerprint density at radius 1 is 1.24 bits per heavy atom. The Hall–Kier alpha value is -2.67. The highest BCUT2D eigenvalue weighted by Crippen LogP contribution is 2.22. The molecule has 0 aromatic heterocycles. The third kappa shape index (κ3) is 5.44. The standard InChI is InChI=1S/C22H27F2N3O2/c1-26-12-11-20(19(24)15-26)27(14-16-7-9-18(23)10-8-16)22(28)25-13-17-5-3-4-6-21(17)29-2/h3-10,19-20H,11-15H2,1-2H3,(H,25,28)/t19-,20+/m1/s1. The molecule has 2 atom stereocenters. The number of halogens is 2. The highest BCUT2D eigenvalue weighted by atomic mass is 19.1. The number of carbonyl (C=O) groups is 1. The van der Waals surface area contributed by atoms with Crippen LogP contribution in [0.25, 0.3) is 0 Å². The van der Waals surface area contributed by atoms with Crippen molar-refractivity contribution < 1.29 is 18.3 Å². The van der Waals surface area contributed by atoms with Crippen LogP contribution in [0, 0.1) is 5.82 Å². The summed E-state index contributed by atoms with van der Waals surface area (Å²) in [5, 5.41) is 2.89. The van der Waals surface area contributed by atoms with Crippen LogP contribution in [0.3, 0.4) is 0 Å². The fourth-order valence-electron chi connectivity index (χ4n) is 3.64. The van der Waals surface area contributed by atoms with Crippen LogP contribution in [0.4, 0.5) is 13.6 Å². The smallest absolute Gasteiger partial charge is 0.318 e. The quantitative estimate of drug-likeness (QED) is 0.802. The molecule has 2 amide bonds. The number of carbonyl (C=O) groups excluding carboxylic acids is 1. The lowest BCUT2D eigenvalue weighted by Crippen LogP contribution is -2.55. The lowest BCUT2D eigenvalue weighted by atomic mass is 10.0. The molecule has 0 aliphatic carbocycles. The molecule has 1 aliphatic rings. The van der Waals surface area contributed by atoms with Gasteiger partial charge in [0.25, 0.3) is 0 Å². The van der Waals surface area contributed by atoms with Crippen molar-refractivity contribution in [3.8, 4) is 5.75 Å². The topological polar surface area (TPSA) is 44.8 Å². The lowest BCUT2D eigenvalue weighted by molar-refractivity contribution is 0.0571. The van der Waals surface area contributed by atoms with E-state index >= 15 is 0 Å². The molecule has 0 bridgehead atoms. The van der Waals surface area contributed by atoms with E-state index in [1.165, 1.54) is 17.0 Å². The van der Waals surface area contributed by atoms with Crippen molar-refractivity contribution in [2.75, 3.05) is 27.2 Å². The molecule has 1 heterocycles. The molecule has 1 aliphatic heterocycles. The maximum atomic E-state index is 14.8. The molecule has 2 aromatic carbocycles. The first-order chi connectivity index (χ1) is 14.0. The number of hydrogen-bond donors (Lipinski definition) is 1. The molecule has 156 valence electrons. The average molecular weight is 403 g/mol. The zero-order chi connectivity index (χ0) is 20.8. The number of piperidine rings is 1. The summed E-state index contributed by atoms with van der Waals surface area (Å²) in [5.41, 5.74) is 1.59. The van der Waals surface area contributed by atoms with E-state index in [4.69, 9.17) is 4.74 Å². The third-order valence-electron chi connectivity index (χ3n) is 5.26. The SMILES string of the molecule is COc1ccccc1CNC(=O)N(Cc1ccc(F)cc1)[C@H]1CCN(C)C[C@H]1F. The first-order valence-corrected chi connectivity index (χ1v) is 9.71. The minimum atomic E-state index is -1.15. The van der Waals surface area contributed by atoms with Crippen LogP contribution in [-0.2, 0) is 13.1 Å². The maximum Gasteiger partial charge on any atom is 0.318 e. The molecule has 3 rings (SSSR count). The number of benzene rings is 2. The van der Waals surface area contributed by atoms with E-state index in [-0.39, 0.29) is 31.5 Å². The van der Waals surface area contributed by atoms with Crippen LogP contribution in [0.15, 0.2) is 48.5 Å². The zero-order valence-corrected chi connectivity index (χ0v) is 16.8. The molecule has 0 saturated carbocycles. The molecule has 5 nitrogen and oxygen atoms in total. The summed E-state index contributed by atoms with van der Waals surface area (Å²) < 4.78 is 33.4. The number of urea groups is 1. The number of nitrogens with zero attached hydrogens (tertiary/aromatic N) is 2. The molecule has 0 spiro atoms. The number of rotatable bonds is 6. The van der Waals surface area contributed by atoms with Crippen molar-refractivity contribution in [2.24, 2.45) is 0 Å². The fourth-order valence-corrected chi connectivity index (χ4v) is 3.64. The highest BCUT2D eigenvalue weighted by Gasteiger charge is 2.35. The minimum absolute atomic E-state index is 0.215. The molecule has 7 heteroatoms. The van der Waals surface area contributed by atoms with Gasteiger partial charge in [0.05, 0.1) is 13.2 Å². The Labute approximate surface area is 170 Å². The van der Waals surface area contributed by atoms with Crippen molar-refractivity contribution >= 4 is 6.03 Å². The Kier molecular flexibility index (Phi) is 7.04. The third-order valence-corrected chi connectivity index (χ3v) is 5.26. The van der Waals surface area contributed by atoms with E-state index in [1.54, 1.807) is 19.2 Å². The van der Waals surface area contributed by atoms with Gasteiger partial charge in [-0.2, -0.15) is 0 Å². The van der Waals surface area contributed by atoms with Gasteiger partial charge in [-0.1, -0.05) is 30.3 Å². The van der Waals surface area contributed by atoms with E-state index in [0.717, 1.165) is 11.1 Å². The van der Waals surface area contributed by atoms with Crippen LogP contribution in [0.2, 0.25) is 0 Å². The van der Waals surface area contributed by atoms with Crippen molar-refractivity contribution in [3.05, 3.63) is 65.5 Å². The summed E-state index contributed by atoms with van der Waals surface area (Å²) in [6, 6.07) is 12.5. The summed E-state index contributed by atoms with van der Waals surface area (Å²) in [5.74, 6) is 0.337. The second-order valence-electron chi connectivity index (χ2n) is 7.36. The first-order valence-electron chi connectivity index (χ1n) is 9.71. The van der Waals surface area contributed by atoms with Gasteiger partial charge >= 0.3 is 6.03 Å². The van der Waals surface area contributed by atoms with Gasteiger partial charge in [0.15, 0.2) is 0 Å². The van der Waals surface area contributed by atoms with Gasteiger partial charge < -0.3 is 19.9 Å². The van der Waals surface area contributed by atoms with E-state index in [2.05, 4.69) is 5.32 Å². The van der Waals surface area contributed by atoms with Crippen molar-refractivity contribution in [1.29, 1.82) is 0 Å². The maximum absolute atomic E-state index is 14.8. The summed E-state index contributed by atoms with van der Waals surface area (Å²) in [7, 11) is 3.45. The van der Waals surface area contributed by atoms with Crippen LogP contribution in [-0.4, -0.2) is 55.3 Å². The summed E-state index contributed by atoms with van der Waals surface area (Å²) in [6.07, 6.45) is -0.604. The van der Waals surface area contributed by atoms with E-state index < -0.39 is 12.2 Å². The number of methoxy groups -OCH3 is 1. The first kappa shape index (κ1) is 21.0. The molecule has 0 unspecified atom stereocenters. The van der Waals surface area contributed by atoms with Crippen LogP contribution >= 0.6 is 0 Å². The van der Waals surface area contributed by atoms with E-state index in [1.807, 2.05) is 36.2 Å². The van der Waals surface area contributed by atoms with Crippen molar-refractivity contribution in [1.82, 2.24) is 15.1 Å². The summed E-state index contributed by atoms with van der Waals surface area (Å²) in [4.78, 5) is 16.5. The fraction of sp³-hybridized carbons (Fsp3) is 0.409. The number of alkyl halides is 1. The molecular formula is C22H27F2N3O2. The van der Waals surface area contributed by atoms with Gasteiger partial charge in [0.2, 0.25) is 0 Å². The Morgan fingerprint density at radius 3 is 2.66 bits per heavy atom. The Balaban J connectivity index is 1.75. The van der Waals surface area contributed by atoms with Gasteiger partial charge in [-0.25, -0.2) is 13.6 Å². The van der Waals surface area contributed by atoms with Crippen LogP contribution in [0.1, 0.15) is 17.5 Å². The molecule has 2 aromatic rings. The van der Waals surface area contributed by atoms with Gasteiger partial charge in [0, 0.05) is 31.7 Å². The number of likely N-dealkylation sites (tertiary alicyclic amines) is 1. The monoisotopic (exact) mass is 403 g/mol. The number of ether oxygens (including phenoxy) is 1. The molecular weight excluding hydrogens is 376 g/mol. The van der Waals surface area contributed by atoms with Crippen LogP contribution in [0.5, 0.6) is 5.75 Å². The predicted octanol–water partition coefficient (Wildman–Crippen LogP) is 3.59. The van der Waals surface area contributed by atoms with Crippen LogP contribution < -0.4 is 10.1 Å². The van der Waals surface area contributed by atoms with E-state index in [0.29, 0.717) is 18.7 Å². The van der Waals surface area contributed by atoms with Gasteiger partial charge in [-0.05, 0) is 37.2 Å². The molecule has 1 N–H and O–H groups in total. The molecule has 1 fully saturated rings. The largest absolute Gasteiger partial charge is 0.496 e. The van der Waals surface area contributed by atoms with Gasteiger partial charge in [-0.15, -0.1) is 0 Å². The highest BCUT2D eigenvalue weighted by molar-refractivity contribution is 5.74. The van der Waals surface area contributed by atoms with Crippen molar-refractivity contribution in [2.45, 2.75) is 31.7 Å². The predicted molar refractivity (Wildman–Crippen MR) is 108 cm³/mol. The minimum Gasteiger partial charge on any atom is -0.496 e. The zero-order valence-electron chi connectivity index (χ0n) is 16.8. The number of nitrogens with one attached hydrogen (secondary N) is 1. The normalized spacial score (nSPS) is 19.6. The van der Waals surface area contributed by atoms with Crippen molar-refractivity contribution in [3.63, 3.8) is 0 Å². The second-order valence-corrected chi connectivity index (χ2v) is 7.36. The number of hydrogen-bond acceptors (Lipinski definition) is 3. The van der Waals surface area contributed by atoms with E-state index in [9.17, 15) is 13.6 Å². The van der Waals surface area contributed by atoms with Gasteiger partial charge in [-0.3, -0.25) is 0 Å². The molecule has 1 saturated heterocycles. The summed E-state index contributed by atoms with van der Waals surface area (Å²) >= 11 is 0. The summed E-state index contributed by atoms with van der Waals surface area (Å²) in [6.45, 7) is 1.48. The number of para-hydroxylation sites is 1.